The lowest BCUT2D eigenvalue weighted by molar-refractivity contribution is -0.0156. The second kappa shape index (κ2) is 7.40. The largest absolute Gasteiger partial charge is 0.370 e. The molecule has 0 bridgehead atoms. The molecule has 3 rings (SSSR count). The summed E-state index contributed by atoms with van der Waals surface area (Å²) < 4.78 is 19.0. The Morgan fingerprint density at radius 2 is 2.29 bits per heavy atom. The van der Waals surface area contributed by atoms with Crippen LogP contribution in [0.3, 0.4) is 0 Å². The van der Waals surface area contributed by atoms with Gasteiger partial charge in [-0.05, 0) is 36.2 Å². The first kappa shape index (κ1) is 16.4. The Morgan fingerprint density at radius 1 is 1.42 bits per heavy atom. The van der Waals surface area contributed by atoms with Crippen LogP contribution in [0.1, 0.15) is 22.9 Å². The number of aryl methyl sites for hydroxylation is 1. The van der Waals surface area contributed by atoms with E-state index in [1.807, 2.05) is 25.1 Å². The zero-order valence-corrected chi connectivity index (χ0v) is 13.5. The number of nitrogens with one attached hydrogen (secondary N) is 1. The molecule has 0 aliphatic carbocycles. The average molecular weight is 329 g/mol. The molecule has 0 spiro atoms. The van der Waals surface area contributed by atoms with Crippen molar-refractivity contribution in [3.05, 3.63) is 65.2 Å². The van der Waals surface area contributed by atoms with Gasteiger partial charge in [0.1, 0.15) is 11.9 Å². The smallest absolute Gasteiger partial charge is 0.317 e. The SMILES string of the molecule is Cc1ccc(CNC(=O)N2CCO[C@H](c3cccc(F)c3)C2)cn1. The van der Waals surface area contributed by atoms with E-state index in [0.717, 1.165) is 16.8 Å². The first-order chi connectivity index (χ1) is 11.6. The van der Waals surface area contributed by atoms with E-state index >= 15 is 0 Å². The van der Waals surface area contributed by atoms with Crippen LogP contribution in [-0.4, -0.2) is 35.6 Å². The summed E-state index contributed by atoms with van der Waals surface area (Å²) in [5, 5.41) is 2.89. The highest BCUT2D eigenvalue weighted by molar-refractivity contribution is 5.74. The van der Waals surface area contributed by atoms with Crippen LogP contribution >= 0.6 is 0 Å². The lowest BCUT2D eigenvalue weighted by atomic mass is 10.1. The fourth-order valence-corrected chi connectivity index (χ4v) is 2.63. The molecule has 1 aliphatic heterocycles. The number of rotatable bonds is 3. The molecule has 2 heterocycles. The van der Waals surface area contributed by atoms with Gasteiger partial charge < -0.3 is 15.0 Å². The quantitative estimate of drug-likeness (QED) is 0.942. The Bertz CT molecular complexity index is 706. The molecule has 1 atom stereocenters. The molecule has 1 aromatic heterocycles. The number of benzene rings is 1. The highest BCUT2D eigenvalue weighted by atomic mass is 19.1. The van der Waals surface area contributed by atoms with E-state index in [1.165, 1.54) is 12.1 Å². The van der Waals surface area contributed by atoms with E-state index in [1.54, 1.807) is 17.2 Å². The molecule has 0 saturated carbocycles. The lowest BCUT2D eigenvalue weighted by Crippen LogP contribution is -2.47. The van der Waals surface area contributed by atoms with Gasteiger partial charge >= 0.3 is 6.03 Å². The van der Waals surface area contributed by atoms with Crippen molar-refractivity contribution in [1.29, 1.82) is 0 Å². The number of aromatic nitrogens is 1. The van der Waals surface area contributed by atoms with Gasteiger partial charge in [-0.1, -0.05) is 18.2 Å². The molecule has 126 valence electrons. The molecule has 24 heavy (non-hydrogen) atoms. The zero-order valence-electron chi connectivity index (χ0n) is 13.5. The molecule has 1 aromatic carbocycles. The topological polar surface area (TPSA) is 54.5 Å². The number of carbonyl (C=O) groups is 1. The van der Waals surface area contributed by atoms with Gasteiger partial charge in [0.2, 0.25) is 0 Å². The maximum absolute atomic E-state index is 13.4. The van der Waals surface area contributed by atoms with Crippen LogP contribution in [0.25, 0.3) is 0 Å². The minimum absolute atomic E-state index is 0.153. The van der Waals surface area contributed by atoms with Crippen molar-refractivity contribution in [1.82, 2.24) is 15.2 Å². The summed E-state index contributed by atoms with van der Waals surface area (Å²) in [5.41, 5.74) is 2.63. The predicted molar refractivity (Wildman–Crippen MR) is 87.9 cm³/mol. The molecular weight excluding hydrogens is 309 g/mol. The number of hydrogen-bond acceptors (Lipinski definition) is 3. The summed E-state index contributed by atoms with van der Waals surface area (Å²) in [6.07, 6.45) is 1.45. The summed E-state index contributed by atoms with van der Waals surface area (Å²) in [4.78, 5) is 18.3. The van der Waals surface area contributed by atoms with Crippen molar-refractivity contribution in [2.24, 2.45) is 0 Å². The number of morpholine rings is 1. The van der Waals surface area contributed by atoms with Crippen LogP contribution in [0.4, 0.5) is 9.18 Å². The number of hydrogen-bond donors (Lipinski definition) is 1. The van der Waals surface area contributed by atoms with E-state index in [-0.39, 0.29) is 18.0 Å². The van der Waals surface area contributed by atoms with Crippen LogP contribution in [0.5, 0.6) is 0 Å². The number of ether oxygens (including phenoxy) is 1. The van der Waals surface area contributed by atoms with Gasteiger partial charge in [0.05, 0.1) is 13.2 Å². The molecule has 1 saturated heterocycles. The Labute approximate surface area is 140 Å². The Balaban J connectivity index is 1.57. The molecule has 5 nitrogen and oxygen atoms in total. The summed E-state index contributed by atoms with van der Waals surface area (Å²) in [7, 11) is 0. The third-order valence-electron chi connectivity index (χ3n) is 3.99. The van der Waals surface area contributed by atoms with Crippen molar-refractivity contribution < 1.29 is 13.9 Å². The van der Waals surface area contributed by atoms with Gasteiger partial charge in [-0.3, -0.25) is 4.98 Å². The molecule has 1 aliphatic rings. The second-order valence-corrected chi connectivity index (χ2v) is 5.83. The van der Waals surface area contributed by atoms with Gasteiger partial charge in [-0.2, -0.15) is 0 Å². The Morgan fingerprint density at radius 3 is 3.04 bits per heavy atom. The Hall–Kier alpha value is -2.47. The first-order valence-corrected chi connectivity index (χ1v) is 7.93. The van der Waals surface area contributed by atoms with Crippen LogP contribution in [-0.2, 0) is 11.3 Å². The number of halogens is 1. The number of pyridine rings is 1. The molecule has 1 fully saturated rings. The molecule has 6 heteroatoms. The van der Waals surface area contributed by atoms with Gasteiger partial charge in [0, 0.05) is 25.0 Å². The molecule has 2 aromatic rings. The van der Waals surface area contributed by atoms with E-state index in [9.17, 15) is 9.18 Å². The van der Waals surface area contributed by atoms with E-state index in [0.29, 0.717) is 26.2 Å². The van der Waals surface area contributed by atoms with Gasteiger partial charge in [-0.25, -0.2) is 9.18 Å². The Kier molecular flexibility index (Phi) is 5.05. The van der Waals surface area contributed by atoms with E-state index < -0.39 is 0 Å². The normalized spacial score (nSPS) is 17.6. The maximum atomic E-state index is 13.4. The molecular formula is C18H20FN3O2. The monoisotopic (exact) mass is 329 g/mol. The summed E-state index contributed by atoms with van der Waals surface area (Å²) in [6, 6.07) is 10.0. The molecule has 2 amide bonds. The third-order valence-corrected chi connectivity index (χ3v) is 3.99. The highest BCUT2D eigenvalue weighted by Gasteiger charge is 2.25. The van der Waals surface area contributed by atoms with Gasteiger partial charge in [0.25, 0.3) is 0 Å². The van der Waals surface area contributed by atoms with Crippen molar-refractivity contribution in [3.63, 3.8) is 0 Å². The van der Waals surface area contributed by atoms with Crippen LogP contribution in [0, 0.1) is 12.7 Å². The maximum Gasteiger partial charge on any atom is 0.317 e. The first-order valence-electron chi connectivity index (χ1n) is 7.93. The van der Waals surface area contributed by atoms with Crippen LogP contribution in [0.2, 0.25) is 0 Å². The van der Waals surface area contributed by atoms with Crippen molar-refractivity contribution in [3.8, 4) is 0 Å². The molecule has 0 radical (unpaired) electrons. The fourth-order valence-electron chi connectivity index (χ4n) is 2.63. The average Bonchev–Trinajstić information content (AvgIpc) is 2.61. The minimum Gasteiger partial charge on any atom is -0.370 e. The number of urea groups is 1. The zero-order chi connectivity index (χ0) is 16.9. The van der Waals surface area contributed by atoms with E-state index in [4.69, 9.17) is 4.74 Å². The van der Waals surface area contributed by atoms with Crippen molar-refractivity contribution in [2.75, 3.05) is 19.7 Å². The standard InChI is InChI=1S/C18H20FN3O2/c1-13-5-6-14(10-20-13)11-21-18(23)22-7-8-24-17(12-22)15-3-2-4-16(19)9-15/h2-6,9-10,17H,7-8,11-12H2,1H3,(H,21,23)/t17-/m0/s1. The van der Waals surface area contributed by atoms with E-state index in [2.05, 4.69) is 10.3 Å². The number of nitrogens with zero attached hydrogens (tertiary/aromatic N) is 2. The van der Waals surface area contributed by atoms with Crippen molar-refractivity contribution in [2.45, 2.75) is 19.6 Å². The second-order valence-electron chi connectivity index (χ2n) is 5.83. The van der Waals surface area contributed by atoms with Crippen LogP contribution in [0.15, 0.2) is 42.6 Å². The minimum atomic E-state index is -0.304. The summed E-state index contributed by atoms with van der Waals surface area (Å²) in [5.74, 6) is -0.301. The lowest BCUT2D eigenvalue weighted by Gasteiger charge is -2.33. The summed E-state index contributed by atoms with van der Waals surface area (Å²) in [6.45, 7) is 3.70. The highest BCUT2D eigenvalue weighted by Crippen LogP contribution is 2.22. The predicted octanol–water partition coefficient (Wildman–Crippen LogP) is 2.81. The van der Waals surface area contributed by atoms with Crippen LogP contribution < -0.4 is 5.32 Å². The number of amides is 2. The van der Waals surface area contributed by atoms with Gasteiger partial charge in [0.15, 0.2) is 0 Å². The molecule has 1 N–H and O–H groups in total. The third kappa shape index (κ3) is 4.08. The number of carbonyl (C=O) groups excluding carboxylic acids is 1. The van der Waals surface area contributed by atoms with Gasteiger partial charge in [-0.15, -0.1) is 0 Å². The fraction of sp³-hybridized carbons (Fsp3) is 0.333. The molecule has 0 unspecified atom stereocenters. The summed E-state index contributed by atoms with van der Waals surface area (Å²) >= 11 is 0. The van der Waals surface area contributed by atoms with Crippen molar-refractivity contribution >= 4 is 6.03 Å².